The lowest BCUT2D eigenvalue weighted by Crippen LogP contribution is -2.06. The first-order chi connectivity index (χ1) is 9.20. The number of imidazole rings is 1. The highest BCUT2D eigenvalue weighted by atomic mass is 15.1. The molecule has 3 heteroatoms. The minimum atomic E-state index is 0.624. The maximum atomic E-state index is 4.77. The number of pyridine rings is 1. The second kappa shape index (κ2) is 6.50. The molecule has 0 saturated carbocycles. The second-order valence-electron chi connectivity index (χ2n) is 5.40. The number of rotatable bonds is 6. The lowest BCUT2D eigenvalue weighted by molar-refractivity contribution is 0.553. The molecule has 0 aromatic carbocycles. The van der Waals surface area contributed by atoms with Crippen molar-refractivity contribution in [3.05, 3.63) is 36.4 Å². The van der Waals surface area contributed by atoms with Gasteiger partial charge in [-0.1, -0.05) is 33.3 Å². The Morgan fingerprint density at radius 2 is 2.05 bits per heavy atom. The fourth-order valence-corrected chi connectivity index (χ4v) is 2.14. The number of hydrogen-bond acceptors (Lipinski definition) is 2. The lowest BCUT2D eigenvalue weighted by Gasteiger charge is -2.08. The van der Waals surface area contributed by atoms with Gasteiger partial charge in [0.2, 0.25) is 0 Å². The van der Waals surface area contributed by atoms with Crippen LogP contribution in [0.5, 0.6) is 0 Å². The van der Waals surface area contributed by atoms with Crippen LogP contribution in [-0.4, -0.2) is 14.5 Å². The summed E-state index contributed by atoms with van der Waals surface area (Å²) in [7, 11) is 0. The summed E-state index contributed by atoms with van der Waals surface area (Å²) in [5.41, 5.74) is 1.95. The van der Waals surface area contributed by atoms with Crippen LogP contribution in [0.4, 0.5) is 0 Å². The van der Waals surface area contributed by atoms with Gasteiger partial charge in [0.1, 0.15) is 11.5 Å². The number of aryl methyl sites for hydroxylation is 1. The van der Waals surface area contributed by atoms with Crippen molar-refractivity contribution < 1.29 is 0 Å². The van der Waals surface area contributed by atoms with Crippen molar-refractivity contribution in [2.75, 3.05) is 0 Å². The van der Waals surface area contributed by atoms with Crippen LogP contribution >= 0.6 is 0 Å². The zero-order valence-corrected chi connectivity index (χ0v) is 12.1. The molecule has 102 valence electrons. The maximum absolute atomic E-state index is 4.77. The van der Waals surface area contributed by atoms with Crippen LogP contribution in [0.1, 0.15) is 39.4 Å². The second-order valence-corrected chi connectivity index (χ2v) is 5.40. The molecule has 0 saturated heterocycles. The summed E-state index contributed by atoms with van der Waals surface area (Å²) in [5.74, 6) is 1.81. The minimum Gasteiger partial charge on any atom is -0.334 e. The summed E-state index contributed by atoms with van der Waals surface area (Å²) in [6.45, 7) is 7.75. The summed E-state index contributed by atoms with van der Waals surface area (Å²) in [4.78, 5) is 9.16. The molecule has 2 rings (SSSR count). The van der Waals surface area contributed by atoms with Crippen molar-refractivity contribution in [1.29, 1.82) is 0 Å². The fourth-order valence-electron chi connectivity index (χ4n) is 2.14. The molecule has 19 heavy (non-hydrogen) atoms. The quantitative estimate of drug-likeness (QED) is 0.784. The molecule has 3 nitrogen and oxygen atoms in total. The van der Waals surface area contributed by atoms with Crippen LogP contribution in [0.2, 0.25) is 0 Å². The highest BCUT2D eigenvalue weighted by molar-refractivity contribution is 5.52. The zero-order valence-electron chi connectivity index (χ0n) is 12.1. The first-order valence-corrected chi connectivity index (χ1v) is 7.18. The van der Waals surface area contributed by atoms with Crippen molar-refractivity contribution in [1.82, 2.24) is 14.5 Å². The predicted octanol–water partition coefficient (Wildman–Crippen LogP) is 3.94. The molecule has 0 radical (unpaired) electrons. The third kappa shape index (κ3) is 3.66. The monoisotopic (exact) mass is 257 g/mol. The minimum absolute atomic E-state index is 0.624. The standard InChI is InChI=1S/C16H23N3/c1-4-5-10-19-12-15(14-8-6-7-9-17-14)18-16(19)11-13(2)3/h6-9,12-13H,4-5,10-11H2,1-3H3. The number of unbranched alkanes of at least 4 members (excludes halogenated alkanes) is 1. The molecule has 0 amide bonds. The lowest BCUT2D eigenvalue weighted by atomic mass is 10.1. The van der Waals surface area contributed by atoms with E-state index in [0.29, 0.717) is 5.92 Å². The van der Waals surface area contributed by atoms with E-state index >= 15 is 0 Å². The van der Waals surface area contributed by atoms with Crippen molar-refractivity contribution in [2.45, 2.75) is 46.6 Å². The summed E-state index contributed by atoms with van der Waals surface area (Å²) < 4.78 is 2.30. The Morgan fingerprint density at radius 3 is 2.68 bits per heavy atom. The van der Waals surface area contributed by atoms with Crippen molar-refractivity contribution >= 4 is 0 Å². The molecule has 0 aliphatic rings. The van der Waals surface area contributed by atoms with Gasteiger partial charge < -0.3 is 4.57 Å². The van der Waals surface area contributed by atoms with E-state index in [1.807, 2.05) is 24.4 Å². The van der Waals surface area contributed by atoms with Crippen LogP contribution in [0.25, 0.3) is 11.4 Å². The van der Waals surface area contributed by atoms with E-state index in [1.165, 1.54) is 18.7 Å². The van der Waals surface area contributed by atoms with E-state index in [1.54, 1.807) is 0 Å². The van der Waals surface area contributed by atoms with Gasteiger partial charge in [0.25, 0.3) is 0 Å². The first kappa shape index (κ1) is 13.8. The molecule has 0 bridgehead atoms. The topological polar surface area (TPSA) is 30.7 Å². The van der Waals surface area contributed by atoms with Crippen molar-refractivity contribution in [3.63, 3.8) is 0 Å². The van der Waals surface area contributed by atoms with Crippen molar-refractivity contribution in [2.24, 2.45) is 5.92 Å². The summed E-state index contributed by atoms with van der Waals surface area (Å²) in [6, 6.07) is 5.97. The van der Waals surface area contributed by atoms with E-state index in [-0.39, 0.29) is 0 Å². The normalized spacial score (nSPS) is 11.2. The van der Waals surface area contributed by atoms with Crippen molar-refractivity contribution in [3.8, 4) is 11.4 Å². The summed E-state index contributed by atoms with van der Waals surface area (Å²) >= 11 is 0. The average molecular weight is 257 g/mol. The SMILES string of the molecule is CCCCn1cc(-c2ccccn2)nc1CC(C)C. The molecular formula is C16H23N3. The van der Waals surface area contributed by atoms with Gasteiger partial charge in [0.15, 0.2) is 0 Å². The van der Waals surface area contributed by atoms with E-state index in [0.717, 1.165) is 24.4 Å². The fraction of sp³-hybridized carbons (Fsp3) is 0.500. The third-order valence-electron chi connectivity index (χ3n) is 3.13. The van der Waals surface area contributed by atoms with Gasteiger partial charge in [-0.3, -0.25) is 4.98 Å². The highest BCUT2D eigenvalue weighted by Gasteiger charge is 2.11. The summed E-state index contributed by atoms with van der Waals surface area (Å²) in [6.07, 6.45) is 7.40. The van der Waals surface area contributed by atoms with E-state index < -0.39 is 0 Å². The number of hydrogen-bond donors (Lipinski definition) is 0. The molecule has 0 spiro atoms. The Labute approximate surface area is 115 Å². The number of aromatic nitrogens is 3. The Bertz CT molecular complexity index is 500. The van der Waals surface area contributed by atoms with Crippen LogP contribution in [0.15, 0.2) is 30.6 Å². The van der Waals surface area contributed by atoms with Gasteiger partial charge in [-0.05, 0) is 24.5 Å². The van der Waals surface area contributed by atoms with Gasteiger partial charge >= 0.3 is 0 Å². The summed E-state index contributed by atoms with van der Waals surface area (Å²) in [5, 5.41) is 0. The smallest absolute Gasteiger partial charge is 0.109 e. The Hall–Kier alpha value is -1.64. The molecule has 2 aromatic rings. The first-order valence-electron chi connectivity index (χ1n) is 7.18. The van der Waals surface area contributed by atoms with Gasteiger partial charge in [-0.15, -0.1) is 0 Å². The van der Waals surface area contributed by atoms with E-state index in [9.17, 15) is 0 Å². The van der Waals surface area contributed by atoms with Gasteiger partial charge in [-0.2, -0.15) is 0 Å². The maximum Gasteiger partial charge on any atom is 0.109 e. The van der Waals surface area contributed by atoms with Gasteiger partial charge in [0.05, 0.1) is 5.69 Å². The largest absolute Gasteiger partial charge is 0.334 e. The van der Waals surface area contributed by atoms with E-state index in [4.69, 9.17) is 4.98 Å². The van der Waals surface area contributed by atoms with Crippen LogP contribution in [0.3, 0.4) is 0 Å². The molecule has 2 heterocycles. The van der Waals surface area contributed by atoms with Gasteiger partial charge in [0, 0.05) is 25.4 Å². The molecule has 0 N–H and O–H groups in total. The van der Waals surface area contributed by atoms with Crippen LogP contribution in [0, 0.1) is 5.92 Å². The van der Waals surface area contributed by atoms with E-state index in [2.05, 4.69) is 36.5 Å². The molecule has 0 atom stereocenters. The molecule has 2 aromatic heterocycles. The molecular weight excluding hydrogens is 234 g/mol. The van der Waals surface area contributed by atoms with Gasteiger partial charge in [-0.25, -0.2) is 4.98 Å². The predicted molar refractivity (Wildman–Crippen MR) is 78.9 cm³/mol. The average Bonchev–Trinajstić information content (AvgIpc) is 2.80. The highest BCUT2D eigenvalue weighted by Crippen LogP contribution is 2.18. The molecule has 0 aliphatic heterocycles. The molecule has 0 aliphatic carbocycles. The molecule has 0 unspecified atom stereocenters. The third-order valence-corrected chi connectivity index (χ3v) is 3.13. The Morgan fingerprint density at radius 1 is 1.21 bits per heavy atom. The van der Waals surface area contributed by atoms with Crippen LogP contribution < -0.4 is 0 Å². The Balaban J connectivity index is 2.28. The zero-order chi connectivity index (χ0) is 13.7. The molecule has 0 fully saturated rings. The number of nitrogens with zero attached hydrogens (tertiary/aromatic N) is 3. The Kier molecular flexibility index (Phi) is 4.72. The van der Waals surface area contributed by atoms with Crippen LogP contribution in [-0.2, 0) is 13.0 Å².